The van der Waals surface area contributed by atoms with Crippen molar-refractivity contribution < 1.29 is 14.3 Å². The smallest absolute Gasteiger partial charge is 0.354 e. The molecule has 2 rings (SSSR count). The van der Waals surface area contributed by atoms with Gasteiger partial charge in [-0.2, -0.15) is 0 Å². The Morgan fingerprint density at radius 3 is 2.59 bits per heavy atom. The predicted octanol–water partition coefficient (Wildman–Crippen LogP) is 1.06. The van der Waals surface area contributed by atoms with Crippen molar-refractivity contribution in [3.05, 3.63) is 57.8 Å². The number of rotatable bonds is 3. The molecule has 0 amide bonds. The van der Waals surface area contributed by atoms with Crippen LogP contribution in [0.1, 0.15) is 16.1 Å². The lowest BCUT2D eigenvalue weighted by Gasteiger charge is -2.05. The summed E-state index contributed by atoms with van der Waals surface area (Å²) in [5, 5.41) is 11.2. The maximum Gasteiger partial charge on any atom is 0.354 e. The topological polar surface area (TPSA) is 75.1 Å². The molecule has 88 valence electrons. The first-order valence-corrected chi connectivity index (χ1v) is 4.84. The van der Waals surface area contributed by atoms with E-state index in [9.17, 15) is 14.0 Å². The molecular weight excluding hydrogens is 227 g/mol. The van der Waals surface area contributed by atoms with Crippen molar-refractivity contribution >= 4 is 5.97 Å². The fraction of sp³-hybridized carbons (Fsp3) is 0.0909. The lowest BCUT2D eigenvalue weighted by atomic mass is 10.2. The first-order chi connectivity index (χ1) is 8.06. The van der Waals surface area contributed by atoms with E-state index in [0.29, 0.717) is 5.56 Å². The summed E-state index contributed by atoms with van der Waals surface area (Å²) >= 11 is 0. The minimum Gasteiger partial charge on any atom is -0.477 e. The van der Waals surface area contributed by atoms with E-state index in [4.69, 9.17) is 5.11 Å². The maximum atomic E-state index is 12.7. The van der Waals surface area contributed by atoms with Crippen molar-refractivity contribution in [1.82, 2.24) is 9.78 Å². The van der Waals surface area contributed by atoms with Gasteiger partial charge in [-0.15, -0.1) is 0 Å². The van der Waals surface area contributed by atoms with Crippen molar-refractivity contribution in [2.75, 3.05) is 0 Å². The van der Waals surface area contributed by atoms with Crippen LogP contribution in [0.15, 0.2) is 35.1 Å². The molecule has 0 saturated carbocycles. The lowest BCUT2D eigenvalue weighted by molar-refractivity contribution is 0.0684. The van der Waals surface area contributed by atoms with Gasteiger partial charge in [-0.05, 0) is 17.7 Å². The van der Waals surface area contributed by atoms with Crippen molar-refractivity contribution in [2.24, 2.45) is 0 Å². The van der Waals surface area contributed by atoms with Gasteiger partial charge in [-0.1, -0.05) is 12.1 Å². The molecule has 0 fully saturated rings. The van der Waals surface area contributed by atoms with Crippen molar-refractivity contribution in [3.63, 3.8) is 0 Å². The Hall–Kier alpha value is -2.37. The van der Waals surface area contributed by atoms with E-state index in [1.807, 2.05) is 0 Å². The third kappa shape index (κ3) is 2.41. The van der Waals surface area contributed by atoms with E-state index in [1.54, 1.807) is 0 Å². The molecule has 2 N–H and O–H groups in total. The van der Waals surface area contributed by atoms with E-state index >= 15 is 0 Å². The lowest BCUT2D eigenvalue weighted by Crippen LogP contribution is -2.11. The first kappa shape index (κ1) is 11.1. The number of nitrogens with zero attached hydrogens (tertiary/aromatic N) is 1. The van der Waals surface area contributed by atoms with Crippen molar-refractivity contribution in [3.8, 4) is 0 Å². The second-order valence-corrected chi connectivity index (χ2v) is 3.52. The van der Waals surface area contributed by atoms with E-state index in [2.05, 4.69) is 5.10 Å². The van der Waals surface area contributed by atoms with Crippen LogP contribution in [0, 0.1) is 5.82 Å². The number of hydrogen-bond donors (Lipinski definition) is 2. The number of aromatic carboxylic acids is 1. The molecule has 0 aliphatic carbocycles. The molecule has 5 nitrogen and oxygen atoms in total. The normalized spacial score (nSPS) is 10.4. The molecule has 0 saturated heterocycles. The van der Waals surface area contributed by atoms with E-state index in [1.165, 1.54) is 28.9 Å². The van der Waals surface area contributed by atoms with Crippen molar-refractivity contribution in [2.45, 2.75) is 6.54 Å². The summed E-state index contributed by atoms with van der Waals surface area (Å²) in [6, 6.07) is 6.61. The minimum atomic E-state index is -1.19. The molecule has 2 aromatic rings. The highest BCUT2D eigenvalue weighted by atomic mass is 19.1. The number of hydrogen-bond acceptors (Lipinski definition) is 2. The highest BCUT2D eigenvalue weighted by Gasteiger charge is 2.11. The third-order valence-corrected chi connectivity index (χ3v) is 2.28. The highest BCUT2D eigenvalue weighted by molar-refractivity contribution is 5.85. The van der Waals surface area contributed by atoms with Crippen LogP contribution in [0.25, 0.3) is 0 Å². The van der Waals surface area contributed by atoms with Gasteiger partial charge in [-0.25, -0.2) is 9.18 Å². The molecule has 0 unspecified atom stereocenters. The molecule has 0 atom stereocenters. The van der Waals surface area contributed by atoms with Crippen LogP contribution in [-0.2, 0) is 6.54 Å². The van der Waals surface area contributed by atoms with Gasteiger partial charge >= 0.3 is 5.97 Å². The number of carboxylic acids is 1. The molecular formula is C11H9FN2O3. The molecule has 0 bridgehead atoms. The number of carboxylic acid groups (broad SMARTS) is 1. The van der Waals surface area contributed by atoms with Crippen LogP contribution >= 0.6 is 0 Å². The number of aromatic amines is 1. The molecule has 0 spiro atoms. The monoisotopic (exact) mass is 236 g/mol. The molecule has 1 aromatic heterocycles. The Morgan fingerprint density at radius 2 is 2.00 bits per heavy atom. The molecule has 6 heteroatoms. The number of aromatic nitrogens is 2. The fourth-order valence-corrected chi connectivity index (χ4v) is 1.50. The third-order valence-electron chi connectivity index (χ3n) is 2.28. The Balaban J connectivity index is 2.32. The quantitative estimate of drug-likeness (QED) is 0.836. The fourth-order valence-electron chi connectivity index (χ4n) is 1.50. The van der Waals surface area contributed by atoms with Gasteiger partial charge in [0.1, 0.15) is 11.5 Å². The standard InChI is InChI=1S/C11H9FN2O3/c12-8-3-1-7(2-4-8)6-14-9(11(16)17)5-10(15)13-14/h1-5H,6H2,(H,13,15)(H,16,17). The number of nitrogens with one attached hydrogen (secondary N) is 1. The zero-order valence-corrected chi connectivity index (χ0v) is 8.68. The zero-order chi connectivity index (χ0) is 12.4. The second-order valence-electron chi connectivity index (χ2n) is 3.52. The van der Waals surface area contributed by atoms with Gasteiger partial charge in [-0.3, -0.25) is 14.6 Å². The van der Waals surface area contributed by atoms with E-state index < -0.39 is 11.5 Å². The van der Waals surface area contributed by atoms with Gasteiger partial charge in [0.25, 0.3) is 5.56 Å². The second kappa shape index (κ2) is 4.25. The van der Waals surface area contributed by atoms with Crippen molar-refractivity contribution in [1.29, 1.82) is 0 Å². The first-order valence-electron chi connectivity index (χ1n) is 4.84. The number of H-pyrrole nitrogens is 1. The van der Waals surface area contributed by atoms with E-state index in [-0.39, 0.29) is 18.1 Å². The Labute approximate surface area is 95.1 Å². The summed E-state index contributed by atoms with van der Waals surface area (Å²) in [6.07, 6.45) is 0. The Kier molecular flexibility index (Phi) is 2.78. The molecule has 0 aliphatic rings. The van der Waals surface area contributed by atoms with Crippen LogP contribution < -0.4 is 5.56 Å². The van der Waals surface area contributed by atoms with Crippen LogP contribution in [-0.4, -0.2) is 20.9 Å². The molecule has 17 heavy (non-hydrogen) atoms. The van der Waals surface area contributed by atoms with Gasteiger partial charge < -0.3 is 5.11 Å². The van der Waals surface area contributed by atoms with Gasteiger partial charge in [0.05, 0.1) is 6.54 Å². The Bertz CT molecular complexity index is 598. The summed E-state index contributed by atoms with van der Waals surface area (Å²) in [7, 11) is 0. The average molecular weight is 236 g/mol. The van der Waals surface area contributed by atoms with Crippen LogP contribution in [0.3, 0.4) is 0 Å². The summed E-state index contributed by atoms with van der Waals surface area (Å²) < 4.78 is 13.9. The average Bonchev–Trinajstić information content (AvgIpc) is 2.63. The molecule has 1 aromatic carbocycles. The summed E-state index contributed by atoms with van der Waals surface area (Å²) in [6.45, 7) is 0.171. The van der Waals surface area contributed by atoms with Crippen LogP contribution in [0.2, 0.25) is 0 Å². The van der Waals surface area contributed by atoms with Crippen LogP contribution in [0.4, 0.5) is 4.39 Å². The molecule has 0 radical (unpaired) electrons. The number of benzene rings is 1. The molecule has 1 heterocycles. The van der Waals surface area contributed by atoms with Gasteiger partial charge in [0.15, 0.2) is 0 Å². The molecule has 0 aliphatic heterocycles. The van der Waals surface area contributed by atoms with E-state index in [0.717, 1.165) is 6.07 Å². The number of halogens is 1. The van der Waals surface area contributed by atoms with Gasteiger partial charge in [0.2, 0.25) is 0 Å². The van der Waals surface area contributed by atoms with Gasteiger partial charge in [0, 0.05) is 6.07 Å². The summed E-state index contributed by atoms with van der Waals surface area (Å²) in [5.74, 6) is -1.56. The Morgan fingerprint density at radius 1 is 1.35 bits per heavy atom. The number of carbonyl (C=O) groups is 1. The maximum absolute atomic E-state index is 12.7. The summed E-state index contributed by atoms with van der Waals surface area (Å²) in [5.41, 5.74) is 0.0876. The SMILES string of the molecule is O=C(O)c1cc(=O)[nH]n1Cc1ccc(F)cc1. The zero-order valence-electron chi connectivity index (χ0n) is 8.68. The highest BCUT2D eigenvalue weighted by Crippen LogP contribution is 2.06. The minimum absolute atomic E-state index is 0.126. The predicted molar refractivity (Wildman–Crippen MR) is 57.5 cm³/mol. The summed E-state index contributed by atoms with van der Waals surface area (Å²) in [4.78, 5) is 21.9. The largest absolute Gasteiger partial charge is 0.477 e. The van der Waals surface area contributed by atoms with Crippen LogP contribution in [0.5, 0.6) is 0 Å².